The minimum atomic E-state index is 0.0838. The molecule has 0 saturated heterocycles. The van der Waals surface area contributed by atoms with Crippen molar-refractivity contribution in [1.82, 2.24) is 10.6 Å². The van der Waals surface area contributed by atoms with Gasteiger partial charge in [-0.05, 0) is 12.5 Å². The van der Waals surface area contributed by atoms with Crippen LogP contribution in [0.3, 0.4) is 0 Å². The van der Waals surface area contributed by atoms with Gasteiger partial charge < -0.3 is 10.6 Å². The van der Waals surface area contributed by atoms with Gasteiger partial charge in [-0.25, -0.2) is 0 Å². The van der Waals surface area contributed by atoms with E-state index in [9.17, 15) is 0 Å². The first-order valence-corrected chi connectivity index (χ1v) is 5.95. The first kappa shape index (κ1) is 13.6. The Balaban J connectivity index is 2.71. The fourth-order valence-corrected chi connectivity index (χ4v) is 1.69. The largest absolute Gasteiger partial charge is 0.359 e. The Hall–Kier alpha value is -1.51. The Morgan fingerprint density at radius 2 is 1.82 bits per heavy atom. The van der Waals surface area contributed by atoms with Crippen LogP contribution >= 0.6 is 0 Å². The number of aryl methyl sites for hydroxylation is 1. The van der Waals surface area contributed by atoms with Gasteiger partial charge in [-0.2, -0.15) is 0 Å². The monoisotopic (exact) mass is 233 g/mol. The molecule has 1 aromatic carbocycles. The quantitative estimate of drug-likeness (QED) is 0.619. The van der Waals surface area contributed by atoms with Gasteiger partial charge in [0.25, 0.3) is 0 Å². The fourth-order valence-electron chi connectivity index (χ4n) is 1.69. The third-order valence-corrected chi connectivity index (χ3v) is 2.99. The lowest BCUT2D eigenvalue weighted by molar-refractivity contribution is 0.510. The first-order valence-electron chi connectivity index (χ1n) is 5.95. The first-order chi connectivity index (χ1) is 7.99. The lowest BCUT2D eigenvalue weighted by Gasteiger charge is -2.26. The summed E-state index contributed by atoms with van der Waals surface area (Å²) in [6, 6.07) is 8.70. The molecular weight excluding hydrogens is 210 g/mol. The maximum atomic E-state index is 4.11. The SMILES string of the molecule is CN=C(NC)NCC(C)(C)c1ccc(C)cc1. The molecule has 1 rings (SSSR count). The lowest BCUT2D eigenvalue weighted by Crippen LogP contribution is -2.42. The molecule has 94 valence electrons. The topological polar surface area (TPSA) is 36.4 Å². The van der Waals surface area contributed by atoms with Gasteiger partial charge >= 0.3 is 0 Å². The molecule has 0 radical (unpaired) electrons. The minimum absolute atomic E-state index is 0.0838. The number of hydrogen-bond acceptors (Lipinski definition) is 1. The van der Waals surface area contributed by atoms with Crippen molar-refractivity contribution in [2.24, 2.45) is 4.99 Å². The van der Waals surface area contributed by atoms with Crippen molar-refractivity contribution >= 4 is 5.96 Å². The van der Waals surface area contributed by atoms with E-state index in [0.717, 1.165) is 12.5 Å². The van der Waals surface area contributed by atoms with Gasteiger partial charge in [0.1, 0.15) is 0 Å². The summed E-state index contributed by atoms with van der Waals surface area (Å²) in [6.07, 6.45) is 0. The van der Waals surface area contributed by atoms with E-state index in [2.05, 4.69) is 60.7 Å². The molecule has 0 unspecified atom stereocenters. The third-order valence-electron chi connectivity index (χ3n) is 2.99. The van der Waals surface area contributed by atoms with Crippen LogP contribution in [0, 0.1) is 6.92 Å². The summed E-state index contributed by atoms with van der Waals surface area (Å²) in [4.78, 5) is 4.11. The Labute approximate surface area is 104 Å². The van der Waals surface area contributed by atoms with E-state index < -0.39 is 0 Å². The van der Waals surface area contributed by atoms with Gasteiger partial charge in [0, 0.05) is 26.1 Å². The van der Waals surface area contributed by atoms with E-state index >= 15 is 0 Å². The highest BCUT2D eigenvalue weighted by molar-refractivity contribution is 5.79. The van der Waals surface area contributed by atoms with Crippen molar-refractivity contribution < 1.29 is 0 Å². The highest BCUT2D eigenvalue weighted by Gasteiger charge is 2.20. The van der Waals surface area contributed by atoms with E-state index in [1.54, 1.807) is 7.05 Å². The van der Waals surface area contributed by atoms with Gasteiger partial charge in [-0.1, -0.05) is 43.7 Å². The van der Waals surface area contributed by atoms with Crippen LogP contribution in [0.25, 0.3) is 0 Å². The maximum Gasteiger partial charge on any atom is 0.190 e. The molecule has 0 heterocycles. The molecule has 0 spiro atoms. The predicted molar refractivity (Wildman–Crippen MR) is 74.6 cm³/mol. The van der Waals surface area contributed by atoms with E-state index in [-0.39, 0.29) is 5.41 Å². The second-order valence-corrected chi connectivity index (χ2v) is 4.93. The molecule has 0 atom stereocenters. The zero-order valence-electron chi connectivity index (χ0n) is 11.5. The van der Waals surface area contributed by atoms with E-state index in [0.29, 0.717) is 0 Å². The zero-order chi connectivity index (χ0) is 12.9. The third kappa shape index (κ3) is 3.77. The van der Waals surface area contributed by atoms with Crippen LogP contribution in [0.2, 0.25) is 0 Å². The van der Waals surface area contributed by atoms with Crippen molar-refractivity contribution in [2.75, 3.05) is 20.6 Å². The zero-order valence-corrected chi connectivity index (χ0v) is 11.5. The molecule has 3 nitrogen and oxygen atoms in total. The number of rotatable bonds is 3. The van der Waals surface area contributed by atoms with E-state index in [1.807, 2.05) is 7.05 Å². The number of guanidine groups is 1. The summed E-state index contributed by atoms with van der Waals surface area (Å²) in [5.41, 5.74) is 2.71. The highest BCUT2D eigenvalue weighted by Crippen LogP contribution is 2.22. The van der Waals surface area contributed by atoms with Crippen LogP contribution in [0.15, 0.2) is 29.3 Å². The number of nitrogens with zero attached hydrogens (tertiary/aromatic N) is 1. The molecule has 0 saturated carbocycles. The van der Waals surface area contributed by atoms with Crippen molar-refractivity contribution in [1.29, 1.82) is 0 Å². The molecule has 0 aliphatic rings. The molecular formula is C14H23N3. The van der Waals surface area contributed by atoms with Crippen LogP contribution in [-0.2, 0) is 5.41 Å². The van der Waals surface area contributed by atoms with E-state index in [1.165, 1.54) is 11.1 Å². The second-order valence-electron chi connectivity index (χ2n) is 4.93. The average Bonchev–Trinajstić information content (AvgIpc) is 2.31. The van der Waals surface area contributed by atoms with Crippen molar-refractivity contribution in [3.05, 3.63) is 35.4 Å². The minimum Gasteiger partial charge on any atom is -0.359 e. The van der Waals surface area contributed by atoms with Gasteiger partial charge in [0.05, 0.1) is 0 Å². The lowest BCUT2D eigenvalue weighted by atomic mass is 9.84. The summed E-state index contributed by atoms with van der Waals surface area (Å²) in [5, 5.41) is 6.34. The average molecular weight is 233 g/mol. The maximum absolute atomic E-state index is 4.11. The molecule has 0 bridgehead atoms. The van der Waals surface area contributed by atoms with Crippen LogP contribution in [0.5, 0.6) is 0 Å². The number of hydrogen-bond donors (Lipinski definition) is 2. The summed E-state index contributed by atoms with van der Waals surface area (Å²) in [5.74, 6) is 0.824. The van der Waals surface area contributed by atoms with Crippen molar-refractivity contribution in [3.63, 3.8) is 0 Å². The summed E-state index contributed by atoms with van der Waals surface area (Å²) in [6.45, 7) is 7.42. The predicted octanol–water partition coefficient (Wildman–Crippen LogP) is 2.07. The second kappa shape index (κ2) is 5.71. The highest BCUT2D eigenvalue weighted by atomic mass is 15.2. The molecule has 0 fully saturated rings. The molecule has 2 N–H and O–H groups in total. The van der Waals surface area contributed by atoms with Crippen LogP contribution in [-0.4, -0.2) is 26.6 Å². The van der Waals surface area contributed by atoms with E-state index in [4.69, 9.17) is 0 Å². The fraction of sp³-hybridized carbons (Fsp3) is 0.500. The smallest absolute Gasteiger partial charge is 0.190 e. The molecule has 0 aromatic heterocycles. The van der Waals surface area contributed by atoms with Crippen LogP contribution in [0.4, 0.5) is 0 Å². The summed E-state index contributed by atoms with van der Waals surface area (Å²) >= 11 is 0. The normalized spacial score (nSPS) is 12.4. The molecule has 1 aromatic rings. The van der Waals surface area contributed by atoms with Gasteiger partial charge in [-0.3, -0.25) is 4.99 Å². The van der Waals surface area contributed by atoms with Crippen LogP contribution < -0.4 is 10.6 Å². The van der Waals surface area contributed by atoms with Gasteiger partial charge in [0.2, 0.25) is 0 Å². The Morgan fingerprint density at radius 3 is 2.29 bits per heavy atom. The number of aliphatic imine (C=N–C) groups is 1. The number of benzene rings is 1. The molecule has 3 heteroatoms. The number of nitrogens with one attached hydrogen (secondary N) is 2. The van der Waals surface area contributed by atoms with Gasteiger partial charge in [0.15, 0.2) is 5.96 Å². The van der Waals surface area contributed by atoms with Crippen molar-refractivity contribution in [3.8, 4) is 0 Å². The molecule has 0 aliphatic carbocycles. The summed E-state index contributed by atoms with van der Waals surface area (Å²) in [7, 11) is 3.64. The van der Waals surface area contributed by atoms with Crippen LogP contribution in [0.1, 0.15) is 25.0 Å². The summed E-state index contributed by atoms with van der Waals surface area (Å²) < 4.78 is 0. The molecule has 17 heavy (non-hydrogen) atoms. The molecule has 0 aliphatic heterocycles. The Kier molecular flexibility index (Phi) is 4.55. The van der Waals surface area contributed by atoms with Gasteiger partial charge in [-0.15, -0.1) is 0 Å². The van der Waals surface area contributed by atoms with Crippen molar-refractivity contribution in [2.45, 2.75) is 26.2 Å². The Morgan fingerprint density at radius 1 is 1.24 bits per heavy atom. The molecule has 0 amide bonds. The Bertz CT molecular complexity index is 377. The standard InChI is InChI=1S/C14H23N3/c1-11-6-8-12(9-7-11)14(2,3)10-17-13(15-4)16-5/h6-9H,10H2,1-5H3,(H2,15,16,17).